The highest BCUT2D eigenvalue weighted by molar-refractivity contribution is 6.11. The van der Waals surface area contributed by atoms with Crippen LogP contribution >= 0.6 is 0 Å². The predicted molar refractivity (Wildman–Crippen MR) is 206 cm³/mol. The van der Waals surface area contributed by atoms with Crippen molar-refractivity contribution in [1.82, 2.24) is 20.1 Å². The molecule has 1 N–H and O–H groups in total. The summed E-state index contributed by atoms with van der Waals surface area (Å²) in [4.78, 5) is 39.0. The van der Waals surface area contributed by atoms with Crippen LogP contribution in [0.5, 0.6) is 5.75 Å². The lowest BCUT2D eigenvalue weighted by molar-refractivity contribution is -0.155. The molecule has 0 radical (unpaired) electrons. The molecule has 0 bridgehead atoms. The van der Waals surface area contributed by atoms with Gasteiger partial charge in [0.05, 0.1) is 34.1 Å². The van der Waals surface area contributed by atoms with E-state index in [1.54, 1.807) is 26.0 Å². The third-order valence-electron chi connectivity index (χ3n) is 11.2. The highest BCUT2D eigenvalue weighted by Crippen LogP contribution is 2.42. The number of nitrogens with zero attached hydrogens (tertiary/aromatic N) is 4. The lowest BCUT2D eigenvalue weighted by atomic mass is 9.92. The first kappa shape index (κ1) is 40.5. The molecule has 8 nitrogen and oxygen atoms in total. The van der Waals surface area contributed by atoms with Crippen LogP contribution in [0.4, 0.5) is 32.0 Å². The van der Waals surface area contributed by atoms with E-state index in [1.807, 2.05) is 0 Å². The van der Waals surface area contributed by atoms with Gasteiger partial charge in [-0.25, -0.2) is 4.98 Å². The number of hydrogen-bond donors (Lipinski definition) is 1. The number of alkyl halides is 6. The molecule has 304 valence electrons. The number of carbonyl (C=O) groups excluding carboxylic acids is 2. The van der Waals surface area contributed by atoms with E-state index in [2.05, 4.69) is 15.1 Å². The predicted octanol–water partition coefficient (Wildman–Crippen LogP) is 9.32. The fourth-order valence-corrected chi connectivity index (χ4v) is 8.43. The van der Waals surface area contributed by atoms with Crippen molar-refractivity contribution < 1.29 is 40.7 Å². The molecule has 3 fully saturated rings. The molecule has 0 spiro atoms. The minimum Gasteiger partial charge on any atom is -0.489 e. The Labute approximate surface area is 328 Å². The van der Waals surface area contributed by atoms with Gasteiger partial charge in [0.15, 0.2) is 6.04 Å². The van der Waals surface area contributed by atoms with Crippen LogP contribution in [0.1, 0.15) is 91.9 Å². The summed E-state index contributed by atoms with van der Waals surface area (Å²) in [7, 11) is 0. The zero-order valence-electron chi connectivity index (χ0n) is 32.1. The number of piperidine rings is 2. The second kappa shape index (κ2) is 16.7. The summed E-state index contributed by atoms with van der Waals surface area (Å²) < 4.78 is 93.2. The highest BCUT2D eigenvalue weighted by atomic mass is 19.4. The topological polar surface area (TPSA) is 78.0 Å². The Morgan fingerprint density at radius 3 is 2.23 bits per heavy atom. The summed E-state index contributed by atoms with van der Waals surface area (Å²) in [6.45, 7) is 7.23. The fraction of sp³-hybridized carbons (Fsp3) is 0.465. The number of fused-ring (bicyclic) bond motifs is 1. The van der Waals surface area contributed by atoms with Crippen LogP contribution in [0, 0.1) is 0 Å². The molecule has 0 aliphatic carbocycles. The van der Waals surface area contributed by atoms with Crippen molar-refractivity contribution in [3.05, 3.63) is 89.0 Å². The first-order chi connectivity index (χ1) is 27.2. The lowest BCUT2D eigenvalue weighted by Gasteiger charge is -2.40. The molecule has 0 unspecified atom stereocenters. The summed E-state index contributed by atoms with van der Waals surface area (Å²) in [5.41, 5.74) is -0.526. The molecule has 3 aromatic carbocycles. The Balaban J connectivity index is 1.44. The van der Waals surface area contributed by atoms with Gasteiger partial charge in [-0.05, 0) is 95.9 Å². The van der Waals surface area contributed by atoms with Gasteiger partial charge < -0.3 is 19.9 Å². The number of pyridine rings is 1. The summed E-state index contributed by atoms with van der Waals surface area (Å²) in [6.07, 6.45) is -3.99. The van der Waals surface area contributed by atoms with Crippen molar-refractivity contribution in [3.63, 3.8) is 0 Å². The fourth-order valence-electron chi connectivity index (χ4n) is 8.43. The SMILES string of the molecule is CC(C)Oc1cc2nc(-c3cccc(C(F)(F)F)c3)c(CN3CCC(N4CCCCC4)CC3)c(C(=O)N[C@H](c3ccccc3)C(F)(F)F)c2cc1N1CCCC1=O. The molecular weight excluding hydrogens is 748 g/mol. The quantitative estimate of drug-likeness (QED) is 0.161. The van der Waals surface area contributed by atoms with Gasteiger partial charge in [0.1, 0.15) is 5.75 Å². The zero-order chi connectivity index (χ0) is 40.5. The molecule has 7 rings (SSSR count). The molecule has 1 aromatic heterocycles. The molecule has 4 aromatic rings. The van der Waals surface area contributed by atoms with Gasteiger partial charge in [-0.1, -0.05) is 48.9 Å². The zero-order valence-corrected chi connectivity index (χ0v) is 32.1. The van der Waals surface area contributed by atoms with Crippen LogP contribution in [-0.4, -0.2) is 77.6 Å². The number of benzene rings is 3. The van der Waals surface area contributed by atoms with Gasteiger partial charge in [-0.15, -0.1) is 0 Å². The maximum Gasteiger partial charge on any atom is 0.416 e. The monoisotopic (exact) mass is 795 g/mol. The number of anilines is 1. The van der Waals surface area contributed by atoms with Gasteiger partial charge in [0.25, 0.3) is 5.91 Å². The Kier molecular flexibility index (Phi) is 11.8. The molecule has 14 heteroatoms. The van der Waals surface area contributed by atoms with Crippen molar-refractivity contribution in [2.45, 2.75) is 95.9 Å². The van der Waals surface area contributed by atoms with Gasteiger partial charge in [0.2, 0.25) is 5.91 Å². The van der Waals surface area contributed by atoms with E-state index in [0.29, 0.717) is 37.8 Å². The van der Waals surface area contributed by atoms with E-state index in [9.17, 15) is 35.9 Å². The van der Waals surface area contributed by atoms with Crippen molar-refractivity contribution in [2.75, 3.05) is 37.6 Å². The second-order valence-electron chi connectivity index (χ2n) is 15.5. The smallest absolute Gasteiger partial charge is 0.416 e. The van der Waals surface area contributed by atoms with Crippen LogP contribution in [0.2, 0.25) is 0 Å². The van der Waals surface area contributed by atoms with E-state index in [1.165, 1.54) is 53.8 Å². The van der Waals surface area contributed by atoms with Crippen LogP contribution in [-0.2, 0) is 17.5 Å². The highest BCUT2D eigenvalue weighted by Gasteiger charge is 2.43. The Morgan fingerprint density at radius 1 is 0.877 bits per heavy atom. The van der Waals surface area contributed by atoms with Gasteiger partial charge in [-0.3, -0.25) is 14.5 Å². The Bertz CT molecular complexity index is 2080. The summed E-state index contributed by atoms with van der Waals surface area (Å²) in [6, 6.07) is 12.7. The molecule has 1 atom stereocenters. The number of aromatic nitrogens is 1. The van der Waals surface area contributed by atoms with Gasteiger partial charge >= 0.3 is 12.4 Å². The first-order valence-corrected chi connectivity index (χ1v) is 19.7. The first-order valence-electron chi connectivity index (χ1n) is 19.7. The number of likely N-dealkylation sites (tertiary alicyclic amines) is 2. The largest absolute Gasteiger partial charge is 0.489 e. The average Bonchev–Trinajstić information content (AvgIpc) is 3.61. The van der Waals surface area contributed by atoms with E-state index >= 15 is 0 Å². The molecule has 0 saturated carbocycles. The number of amides is 2. The van der Waals surface area contributed by atoms with Crippen LogP contribution < -0.4 is 15.0 Å². The van der Waals surface area contributed by atoms with E-state index in [4.69, 9.17) is 9.72 Å². The average molecular weight is 796 g/mol. The molecule has 3 aliphatic heterocycles. The number of rotatable bonds is 10. The normalized spacial score (nSPS) is 18.4. The lowest BCUT2D eigenvalue weighted by Crippen LogP contribution is -2.46. The van der Waals surface area contributed by atoms with Crippen LogP contribution in [0.3, 0.4) is 0 Å². The number of carbonyl (C=O) groups is 2. The van der Waals surface area contributed by atoms with Crippen molar-refractivity contribution >= 4 is 28.4 Å². The standard InChI is InChI=1S/C43H47F6N5O3/c1-27(2)57-36-25-34-32(24-35(36)54-20-10-15-37(54)55)38(41(56)51-40(43(47,48)49)28-11-5-3-6-12-28)33(39(50-34)29-13-9-14-30(23-29)42(44,45)46)26-52-21-16-31(17-22-52)53-18-7-4-8-19-53/h3,5-6,9,11-14,23-25,27,31,40H,4,7-8,10,15-22,26H2,1-2H3,(H,51,56)/t40-/m1/s1. The molecular formula is C43H47F6N5O3. The number of halogens is 6. The van der Waals surface area contributed by atoms with E-state index < -0.39 is 29.9 Å². The number of ether oxygens (including phenoxy) is 1. The van der Waals surface area contributed by atoms with Crippen LogP contribution in [0.25, 0.3) is 22.2 Å². The summed E-state index contributed by atoms with van der Waals surface area (Å²) in [5.74, 6) is -0.997. The number of hydrogen-bond acceptors (Lipinski definition) is 6. The van der Waals surface area contributed by atoms with Gasteiger partial charge in [0, 0.05) is 48.1 Å². The molecule has 4 heterocycles. The Morgan fingerprint density at radius 2 is 1.60 bits per heavy atom. The maximum absolute atomic E-state index is 14.8. The minimum absolute atomic E-state index is 0.0359. The van der Waals surface area contributed by atoms with Crippen LogP contribution in [0.15, 0.2) is 66.7 Å². The van der Waals surface area contributed by atoms with Crippen molar-refractivity contribution in [1.29, 1.82) is 0 Å². The van der Waals surface area contributed by atoms with E-state index in [0.717, 1.165) is 50.9 Å². The Hall–Kier alpha value is -4.69. The molecule has 57 heavy (non-hydrogen) atoms. The van der Waals surface area contributed by atoms with E-state index in [-0.39, 0.29) is 69.6 Å². The van der Waals surface area contributed by atoms with Crippen molar-refractivity contribution in [2.24, 2.45) is 0 Å². The number of nitrogens with one attached hydrogen (secondary N) is 1. The third-order valence-corrected chi connectivity index (χ3v) is 11.2. The molecule has 2 amide bonds. The van der Waals surface area contributed by atoms with Crippen molar-refractivity contribution in [3.8, 4) is 17.0 Å². The second-order valence-corrected chi connectivity index (χ2v) is 15.5. The third kappa shape index (κ3) is 9.07. The molecule has 3 saturated heterocycles. The maximum atomic E-state index is 14.8. The molecule has 3 aliphatic rings. The summed E-state index contributed by atoms with van der Waals surface area (Å²) >= 11 is 0. The minimum atomic E-state index is -4.90. The van der Waals surface area contributed by atoms with Gasteiger partial charge in [-0.2, -0.15) is 26.3 Å². The summed E-state index contributed by atoms with van der Waals surface area (Å²) in [5, 5.41) is 2.41.